The summed E-state index contributed by atoms with van der Waals surface area (Å²) in [5, 5.41) is 3.47. The highest BCUT2D eigenvalue weighted by Crippen LogP contribution is 2.17. The summed E-state index contributed by atoms with van der Waals surface area (Å²) in [6.45, 7) is 8.00. The summed E-state index contributed by atoms with van der Waals surface area (Å²) in [4.78, 5) is 0. The predicted octanol–water partition coefficient (Wildman–Crippen LogP) is 2.97. The fourth-order valence-electron chi connectivity index (χ4n) is 1.37. The Morgan fingerprint density at radius 1 is 1.27 bits per heavy atom. The van der Waals surface area contributed by atoms with Crippen molar-refractivity contribution in [1.82, 2.24) is 5.32 Å². The summed E-state index contributed by atoms with van der Waals surface area (Å²) in [5.41, 5.74) is 1.24. The number of hydrogen-bond donors (Lipinski definition) is 1. The Morgan fingerprint density at radius 2 is 2.00 bits per heavy atom. The van der Waals surface area contributed by atoms with E-state index in [1.165, 1.54) is 5.56 Å². The second kappa shape index (κ2) is 6.46. The second-order valence-corrected chi connectivity index (χ2v) is 3.73. The van der Waals surface area contributed by atoms with Crippen LogP contribution in [0.25, 0.3) is 0 Å². The Morgan fingerprint density at radius 3 is 2.67 bits per heavy atom. The molecule has 1 rings (SSSR count). The molecule has 2 heteroatoms. The zero-order valence-corrected chi connectivity index (χ0v) is 9.92. The van der Waals surface area contributed by atoms with Gasteiger partial charge in [-0.05, 0) is 26.3 Å². The Bertz CT molecular complexity index is 286. The summed E-state index contributed by atoms with van der Waals surface area (Å²) in [6.07, 6.45) is 1.15. The smallest absolute Gasteiger partial charge is 0.123 e. The van der Waals surface area contributed by atoms with Gasteiger partial charge in [-0.2, -0.15) is 0 Å². The molecule has 0 amide bonds. The molecule has 0 heterocycles. The van der Waals surface area contributed by atoms with Gasteiger partial charge in [-0.3, -0.25) is 0 Å². The largest absolute Gasteiger partial charge is 0.494 e. The van der Waals surface area contributed by atoms with Crippen LogP contribution in [0.1, 0.15) is 32.8 Å². The van der Waals surface area contributed by atoms with E-state index >= 15 is 0 Å². The van der Waals surface area contributed by atoms with Gasteiger partial charge < -0.3 is 10.1 Å². The monoisotopic (exact) mass is 207 g/mol. The Kier molecular flexibility index (Phi) is 5.19. The molecule has 0 aliphatic heterocycles. The lowest BCUT2D eigenvalue weighted by Crippen LogP contribution is -2.24. The Hall–Kier alpha value is -1.02. The maximum Gasteiger partial charge on any atom is 0.123 e. The molecule has 1 aromatic rings. The molecule has 2 nitrogen and oxygen atoms in total. The molecule has 0 saturated carbocycles. The second-order valence-electron chi connectivity index (χ2n) is 3.73. The van der Waals surface area contributed by atoms with E-state index in [4.69, 9.17) is 4.74 Å². The molecular weight excluding hydrogens is 186 g/mol. The standard InChI is InChI=1S/C13H21NO/c1-4-11(3)14-10-12-8-6-7-9-13(12)15-5-2/h6-9,11,14H,4-5,10H2,1-3H3. The number of benzene rings is 1. The molecule has 0 saturated heterocycles. The van der Waals surface area contributed by atoms with Gasteiger partial charge in [0.2, 0.25) is 0 Å². The van der Waals surface area contributed by atoms with Crippen LogP contribution in [0.5, 0.6) is 5.75 Å². The van der Waals surface area contributed by atoms with Gasteiger partial charge >= 0.3 is 0 Å². The highest BCUT2D eigenvalue weighted by molar-refractivity contribution is 5.33. The zero-order chi connectivity index (χ0) is 11.1. The molecule has 1 unspecified atom stereocenters. The van der Waals surface area contributed by atoms with E-state index < -0.39 is 0 Å². The lowest BCUT2D eigenvalue weighted by Gasteiger charge is -2.14. The van der Waals surface area contributed by atoms with Crippen molar-refractivity contribution in [2.24, 2.45) is 0 Å². The maximum absolute atomic E-state index is 5.56. The third-order valence-corrected chi connectivity index (χ3v) is 2.53. The van der Waals surface area contributed by atoms with Crippen molar-refractivity contribution in [3.63, 3.8) is 0 Å². The van der Waals surface area contributed by atoms with E-state index in [0.29, 0.717) is 6.04 Å². The van der Waals surface area contributed by atoms with Crippen LogP contribution in [0, 0.1) is 0 Å². The first-order valence-electron chi connectivity index (χ1n) is 5.72. The van der Waals surface area contributed by atoms with E-state index in [1.54, 1.807) is 0 Å². The van der Waals surface area contributed by atoms with Gasteiger partial charge in [0, 0.05) is 18.2 Å². The zero-order valence-electron chi connectivity index (χ0n) is 9.92. The number of hydrogen-bond acceptors (Lipinski definition) is 2. The third-order valence-electron chi connectivity index (χ3n) is 2.53. The van der Waals surface area contributed by atoms with Gasteiger partial charge in [0.25, 0.3) is 0 Å². The minimum atomic E-state index is 0.555. The molecule has 1 atom stereocenters. The number of rotatable bonds is 6. The molecule has 0 spiro atoms. The molecule has 1 N–H and O–H groups in total. The van der Waals surface area contributed by atoms with Gasteiger partial charge in [-0.25, -0.2) is 0 Å². The van der Waals surface area contributed by atoms with Crippen LogP contribution in [0.2, 0.25) is 0 Å². The van der Waals surface area contributed by atoms with Crippen molar-refractivity contribution in [2.75, 3.05) is 6.61 Å². The SMILES string of the molecule is CCOc1ccccc1CNC(C)CC. The summed E-state index contributed by atoms with van der Waals surface area (Å²) >= 11 is 0. The molecule has 84 valence electrons. The van der Waals surface area contributed by atoms with Crippen LogP contribution < -0.4 is 10.1 Å². The van der Waals surface area contributed by atoms with E-state index in [9.17, 15) is 0 Å². The van der Waals surface area contributed by atoms with Crippen molar-refractivity contribution >= 4 is 0 Å². The minimum absolute atomic E-state index is 0.555. The molecular formula is C13H21NO. The van der Waals surface area contributed by atoms with Gasteiger partial charge in [-0.1, -0.05) is 25.1 Å². The van der Waals surface area contributed by atoms with Crippen LogP contribution >= 0.6 is 0 Å². The summed E-state index contributed by atoms with van der Waals surface area (Å²) in [7, 11) is 0. The van der Waals surface area contributed by atoms with Crippen molar-refractivity contribution < 1.29 is 4.74 Å². The van der Waals surface area contributed by atoms with Gasteiger partial charge in [0.15, 0.2) is 0 Å². The van der Waals surface area contributed by atoms with Crippen molar-refractivity contribution in [1.29, 1.82) is 0 Å². The Balaban J connectivity index is 2.58. The summed E-state index contributed by atoms with van der Waals surface area (Å²) < 4.78 is 5.56. The maximum atomic E-state index is 5.56. The molecule has 0 bridgehead atoms. The van der Waals surface area contributed by atoms with E-state index in [1.807, 2.05) is 19.1 Å². The topological polar surface area (TPSA) is 21.3 Å². The van der Waals surface area contributed by atoms with Crippen molar-refractivity contribution in [2.45, 2.75) is 39.8 Å². The van der Waals surface area contributed by atoms with Crippen molar-refractivity contribution in [3.8, 4) is 5.75 Å². The van der Waals surface area contributed by atoms with Crippen molar-refractivity contribution in [3.05, 3.63) is 29.8 Å². The van der Waals surface area contributed by atoms with Crippen LogP contribution in [0.4, 0.5) is 0 Å². The number of ether oxygens (including phenoxy) is 1. The quantitative estimate of drug-likeness (QED) is 0.774. The van der Waals surface area contributed by atoms with E-state index in [-0.39, 0.29) is 0 Å². The number of nitrogens with one attached hydrogen (secondary N) is 1. The third kappa shape index (κ3) is 3.92. The first-order chi connectivity index (χ1) is 7.27. The van der Waals surface area contributed by atoms with Gasteiger partial charge in [-0.15, -0.1) is 0 Å². The average molecular weight is 207 g/mol. The minimum Gasteiger partial charge on any atom is -0.494 e. The fraction of sp³-hybridized carbons (Fsp3) is 0.538. The average Bonchev–Trinajstić information content (AvgIpc) is 2.28. The van der Waals surface area contributed by atoms with Crippen LogP contribution in [0.15, 0.2) is 24.3 Å². The lowest BCUT2D eigenvalue weighted by molar-refractivity contribution is 0.334. The highest BCUT2D eigenvalue weighted by Gasteiger charge is 2.03. The molecule has 0 fully saturated rings. The summed E-state index contributed by atoms with van der Waals surface area (Å²) in [6, 6.07) is 8.76. The highest BCUT2D eigenvalue weighted by atomic mass is 16.5. The molecule has 1 aromatic carbocycles. The molecule has 0 aliphatic rings. The normalized spacial score (nSPS) is 12.5. The van der Waals surface area contributed by atoms with E-state index in [0.717, 1.165) is 25.3 Å². The van der Waals surface area contributed by atoms with Gasteiger partial charge in [0.05, 0.1) is 6.61 Å². The molecule has 0 aliphatic carbocycles. The Labute approximate surface area is 92.6 Å². The van der Waals surface area contributed by atoms with Crippen LogP contribution in [0.3, 0.4) is 0 Å². The molecule has 0 radical (unpaired) electrons. The van der Waals surface area contributed by atoms with Crippen LogP contribution in [-0.4, -0.2) is 12.6 Å². The fourth-order valence-corrected chi connectivity index (χ4v) is 1.37. The predicted molar refractivity (Wildman–Crippen MR) is 64.2 cm³/mol. The molecule has 15 heavy (non-hydrogen) atoms. The number of para-hydroxylation sites is 1. The lowest BCUT2D eigenvalue weighted by atomic mass is 10.2. The first-order valence-corrected chi connectivity index (χ1v) is 5.72. The van der Waals surface area contributed by atoms with E-state index in [2.05, 4.69) is 31.3 Å². The molecule has 0 aromatic heterocycles. The van der Waals surface area contributed by atoms with Gasteiger partial charge in [0.1, 0.15) is 5.75 Å². The summed E-state index contributed by atoms with van der Waals surface area (Å²) in [5.74, 6) is 0.996. The first kappa shape index (κ1) is 12.1. The van der Waals surface area contributed by atoms with Crippen LogP contribution in [-0.2, 0) is 6.54 Å².